The molecule has 150 valence electrons. The fourth-order valence-electron chi connectivity index (χ4n) is 3.33. The van der Waals surface area contributed by atoms with E-state index in [-0.39, 0.29) is 5.82 Å². The molecule has 0 aliphatic rings. The van der Waals surface area contributed by atoms with Gasteiger partial charge in [0, 0.05) is 0 Å². The van der Waals surface area contributed by atoms with Gasteiger partial charge >= 0.3 is 5.97 Å². The van der Waals surface area contributed by atoms with Crippen LogP contribution in [0.25, 0.3) is 0 Å². The first-order valence-electron chi connectivity index (χ1n) is 9.54. The van der Waals surface area contributed by atoms with Crippen LogP contribution in [0.1, 0.15) is 10.4 Å². The van der Waals surface area contributed by atoms with Gasteiger partial charge in [0.15, 0.2) is 0 Å². The predicted octanol–water partition coefficient (Wildman–Crippen LogP) is 6.96. The molecule has 4 aromatic rings. The summed E-state index contributed by atoms with van der Waals surface area (Å²) in [5.41, 5.74) is 0.310. The van der Waals surface area contributed by atoms with Gasteiger partial charge < -0.3 is 4.74 Å². The summed E-state index contributed by atoms with van der Waals surface area (Å²) in [5.74, 6) is -0.445. The van der Waals surface area contributed by atoms with Crippen molar-refractivity contribution in [3.05, 3.63) is 121 Å². The minimum atomic E-state index is -1.46. The highest BCUT2D eigenvalue weighted by Gasteiger charge is 2.25. The molecule has 0 aliphatic carbocycles. The second kappa shape index (κ2) is 8.56. The van der Waals surface area contributed by atoms with Crippen molar-refractivity contribution in [2.24, 2.45) is 0 Å². The van der Waals surface area contributed by atoms with Crippen molar-refractivity contribution in [3.8, 4) is 5.75 Å². The number of rotatable bonds is 5. The van der Waals surface area contributed by atoms with Crippen LogP contribution >= 0.6 is 10.0 Å². The maximum atomic E-state index is 13.1. The Bertz CT molecular complexity index is 1090. The molecule has 2 nitrogen and oxygen atoms in total. The monoisotopic (exact) mass is 416 g/mol. The highest BCUT2D eigenvalue weighted by atomic mass is 32.3. The third-order valence-electron chi connectivity index (χ3n) is 5.01. The molecule has 0 amide bonds. The minimum absolute atomic E-state index is 0.310. The standard InChI is InChI=1S/C26H21FO2S/c1-30(23-8-4-2-5-9-23,24-10-6-3-7-11-24)25-18-16-22(17-19-25)29-26(28)20-12-14-21(27)15-13-20/h2-19H,1H3. The molecule has 0 aromatic heterocycles. The van der Waals surface area contributed by atoms with Gasteiger partial charge in [-0.3, -0.25) is 0 Å². The fourth-order valence-corrected chi connectivity index (χ4v) is 6.23. The van der Waals surface area contributed by atoms with E-state index in [1.807, 2.05) is 36.4 Å². The van der Waals surface area contributed by atoms with Crippen molar-refractivity contribution >= 4 is 16.0 Å². The van der Waals surface area contributed by atoms with Gasteiger partial charge in [-0.05, 0) is 93.7 Å². The van der Waals surface area contributed by atoms with Crippen LogP contribution in [-0.2, 0) is 0 Å². The molecule has 30 heavy (non-hydrogen) atoms. The number of hydrogen-bond donors (Lipinski definition) is 0. The van der Waals surface area contributed by atoms with Gasteiger partial charge in [-0.15, -0.1) is 0 Å². The van der Waals surface area contributed by atoms with E-state index in [0.29, 0.717) is 11.3 Å². The molecule has 0 heterocycles. The summed E-state index contributed by atoms with van der Waals surface area (Å²) in [6.07, 6.45) is 2.27. The number of hydrogen-bond acceptors (Lipinski definition) is 2. The Balaban J connectivity index is 1.65. The molecule has 0 aliphatic heterocycles. The average molecular weight is 417 g/mol. The Kier molecular flexibility index (Phi) is 5.68. The summed E-state index contributed by atoms with van der Waals surface area (Å²) >= 11 is 0. The smallest absolute Gasteiger partial charge is 0.343 e. The molecule has 4 aromatic carbocycles. The quantitative estimate of drug-likeness (QED) is 0.260. The number of benzene rings is 4. The molecule has 0 fully saturated rings. The molecule has 0 spiro atoms. The Morgan fingerprint density at radius 1 is 0.667 bits per heavy atom. The van der Waals surface area contributed by atoms with Crippen LogP contribution in [0.3, 0.4) is 0 Å². The summed E-state index contributed by atoms with van der Waals surface area (Å²) in [5, 5.41) is 0. The lowest BCUT2D eigenvalue weighted by atomic mass is 10.2. The van der Waals surface area contributed by atoms with Gasteiger partial charge in [-0.2, -0.15) is 10.0 Å². The molecular weight excluding hydrogens is 395 g/mol. The molecule has 0 unspecified atom stereocenters. The first kappa shape index (κ1) is 19.9. The van der Waals surface area contributed by atoms with E-state index < -0.39 is 16.0 Å². The zero-order chi connectivity index (χ0) is 21.0. The van der Waals surface area contributed by atoms with Crippen molar-refractivity contribution in [1.82, 2.24) is 0 Å². The van der Waals surface area contributed by atoms with E-state index in [9.17, 15) is 9.18 Å². The third-order valence-corrected chi connectivity index (χ3v) is 8.66. The van der Waals surface area contributed by atoms with Gasteiger partial charge in [0.05, 0.1) is 5.56 Å². The topological polar surface area (TPSA) is 26.3 Å². The van der Waals surface area contributed by atoms with Crippen molar-refractivity contribution in [1.29, 1.82) is 0 Å². The third kappa shape index (κ3) is 4.00. The normalized spacial score (nSPS) is 11.7. The Labute approximate surface area is 177 Å². The highest BCUT2D eigenvalue weighted by Crippen LogP contribution is 2.65. The maximum Gasteiger partial charge on any atom is 0.343 e. The largest absolute Gasteiger partial charge is 0.423 e. The number of carbonyl (C=O) groups excluding carboxylic acids is 1. The van der Waals surface area contributed by atoms with Gasteiger partial charge in [0.1, 0.15) is 11.6 Å². The van der Waals surface area contributed by atoms with Crippen LogP contribution in [0.4, 0.5) is 4.39 Å². The average Bonchev–Trinajstić information content (AvgIpc) is 2.80. The highest BCUT2D eigenvalue weighted by molar-refractivity contribution is 8.33. The Hall–Kier alpha value is -3.37. The van der Waals surface area contributed by atoms with Crippen LogP contribution in [0.15, 0.2) is 124 Å². The molecule has 0 N–H and O–H groups in total. The van der Waals surface area contributed by atoms with Crippen molar-refractivity contribution in [3.63, 3.8) is 0 Å². The molecular formula is C26H21FO2S. The van der Waals surface area contributed by atoms with Crippen molar-refractivity contribution in [2.75, 3.05) is 6.26 Å². The SMILES string of the molecule is CS(c1ccccc1)(c1ccccc1)c1ccc(OC(=O)c2ccc(F)cc2)cc1. The molecule has 0 saturated carbocycles. The zero-order valence-electron chi connectivity index (χ0n) is 16.5. The van der Waals surface area contributed by atoms with E-state index in [1.165, 1.54) is 39.0 Å². The van der Waals surface area contributed by atoms with E-state index in [4.69, 9.17) is 4.74 Å². The molecule has 0 radical (unpaired) electrons. The van der Waals surface area contributed by atoms with Crippen LogP contribution < -0.4 is 4.74 Å². The number of halogens is 1. The Morgan fingerprint density at radius 2 is 1.13 bits per heavy atom. The number of ether oxygens (including phenoxy) is 1. The molecule has 0 bridgehead atoms. The predicted molar refractivity (Wildman–Crippen MR) is 119 cm³/mol. The minimum Gasteiger partial charge on any atom is -0.423 e. The van der Waals surface area contributed by atoms with Crippen LogP contribution in [0.5, 0.6) is 5.75 Å². The van der Waals surface area contributed by atoms with Gasteiger partial charge in [-0.25, -0.2) is 9.18 Å². The lowest BCUT2D eigenvalue weighted by molar-refractivity contribution is 0.0734. The van der Waals surface area contributed by atoms with Gasteiger partial charge in [0.2, 0.25) is 0 Å². The molecule has 4 rings (SSSR count). The second-order valence-corrected chi connectivity index (χ2v) is 10.2. The van der Waals surface area contributed by atoms with Crippen molar-refractivity contribution in [2.45, 2.75) is 14.7 Å². The lowest BCUT2D eigenvalue weighted by Crippen LogP contribution is -2.08. The van der Waals surface area contributed by atoms with E-state index in [1.54, 1.807) is 0 Å². The summed E-state index contributed by atoms with van der Waals surface area (Å²) in [7, 11) is -1.46. The lowest BCUT2D eigenvalue weighted by Gasteiger charge is -2.37. The van der Waals surface area contributed by atoms with Crippen LogP contribution in [0.2, 0.25) is 0 Å². The second-order valence-electron chi connectivity index (χ2n) is 6.91. The molecule has 0 saturated heterocycles. The van der Waals surface area contributed by atoms with E-state index >= 15 is 0 Å². The van der Waals surface area contributed by atoms with E-state index in [0.717, 1.165) is 0 Å². The van der Waals surface area contributed by atoms with Gasteiger partial charge in [0.25, 0.3) is 0 Å². The number of esters is 1. The summed E-state index contributed by atoms with van der Waals surface area (Å²) in [6, 6.07) is 33.9. The first-order valence-corrected chi connectivity index (χ1v) is 11.6. The van der Waals surface area contributed by atoms with Gasteiger partial charge in [-0.1, -0.05) is 36.4 Å². The van der Waals surface area contributed by atoms with Crippen molar-refractivity contribution < 1.29 is 13.9 Å². The van der Waals surface area contributed by atoms with Crippen LogP contribution in [0, 0.1) is 5.82 Å². The van der Waals surface area contributed by atoms with E-state index in [2.05, 4.69) is 54.8 Å². The summed E-state index contributed by atoms with van der Waals surface area (Å²) < 4.78 is 18.5. The zero-order valence-corrected chi connectivity index (χ0v) is 17.3. The number of carbonyl (C=O) groups is 1. The van der Waals surface area contributed by atoms with Crippen LogP contribution in [-0.4, -0.2) is 12.2 Å². The first-order chi connectivity index (χ1) is 14.6. The maximum absolute atomic E-state index is 13.1. The Morgan fingerprint density at radius 3 is 1.63 bits per heavy atom. The molecule has 0 atom stereocenters. The molecule has 4 heteroatoms. The summed E-state index contributed by atoms with van der Waals surface area (Å²) in [4.78, 5) is 16.0. The summed E-state index contributed by atoms with van der Waals surface area (Å²) in [6.45, 7) is 0. The fraction of sp³-hybridized carbons (Fsp3) is 0.0385.